The molecule has 0 aliphatic heterocycles. The summed E-state index contributed by atoms with van der Waals surface area (Å²) in [5.41, 5.74) is 0.170. The highest BCUT2D eigenvalue weighted by Gasteiger charge is 2.18. The van der Waals surface area contributed by atoms with Crippen LogP contribution >= 0.6 is 23.2 Å². The normalized spacial score (nSPS) is 11.6. The third-order valence-electron chi connectivity index (χ3n) is 2.71. The van der Waals surface area contributed by atoms with E-state index in [0.29, 0.717) is 0 Å². The number of carbonyl (C=O) groups excluding carboxylic acids is 2. The molecule has 1 aromatic carbocycles. The summed E-state index contributed by atoms with van der Waals surface area (Å²) < 4.78 is 4.77. The lowest BCUT2D eigenvalue weighted by atomic mass is 10.2. The van der Waals surface area contributed by atoms with Crippen molar-refractivity contribution >= 4 is 41.0 Å². The lowest BCUT2D eigenvalue weighted by Gasteiger charge is -2.15. The van der Waals surface area contributed by atoms with E-state index in [0.717, 1.165) is 0 Å². The average molecular weight is 363 g/mol. The van der Waals surface area contributed by atoms with Gasteiger partial charge in [0, 0.05) is 6.54 Å². The van der Waals surface area contributed by atoms with E-state index in [-0.39, 0.29) is 28.8 Å². The highest BCUT2D eigenvalue weighted by atomic mass is 35.5. The molecule has 3 N–H and O–H groups in total. The first-order chi connectivity index (χ1) is 10.8. The van der Waals surface area contributed by atoms with E-state index >= 15 is 0 Å². The van der Waals surface area contributed by atoms with E-state index < -0.39 is 30.4 Å². The van der Waals surface area contributed by atoms with Crippen LogP contribution in [0.2, 0.25) is 10.0 Å². The molecule has 0 spiro atoms. The van der Waals surface area contributed by atoms with Gasteiger partial charge in [-0.1, -0.05) is 29.3 Å². The highest BCUT2D eigenvalue weighted by Crippen LogP contribution is 2.25. The summed E-state index contributed by atoms with van der Waals surface area (Å²) in [5.74, 6) is -2.05. The molecule has 1 unspecified atom stereocenters. The number of nitrogens with one attached hydrogen (secondary N) is 2. The second-order valence-corrected chi connectivity index (χ2v) is 5.32. The summed E-state index contributed by atoms with van der Waals surface area (Å²) in [6.07, 6.45) is 0. The zero-order valence-corrected chi connectivity index (χ0v) is 13.8. The monoisotopic (exact) mass is 362 g/mol. The molecule has 0 aliphatic carbocycles. The number of halogens is 2. The summed E-state index contributed by atoms with van der Waals surface area (Å²) in [4.78, 5) is 34.1. The van der Waals surface area contributed by atoms with Gasteiger partial charge in [0.2, 0.25) is 5.91 Å². The number of amides is 2. The van der Waals surface area contributed by atoms with E-state index in [1.54, 1.807) is 12.1 Å². The van der Waals surface area contributed by atoms with Gasteiger partial charge in [-0.2, -0.15) is 0 Å². The van der Waals surface area contributed by atoms with Crippen LogP contribution in [0.4, 0.5) is 0 Å². The first kappa shape index (κ1) is 19.2. The fraction of sp³-hybridized carbons (Fsp3) is 0.357. The van der Waals surface area contributed by atoms with Crippen molar-refractivity contribution in [3.63, 3.8) is 0 Å². The number of carboxylic acids is 1. The van der Waals surface area contributed by atoms with Gasteiger partial charge in [-0.3, -0.25) is 9.59 Å². The van der Waals surface area contributed by atoms with Gasteiger partial charge in [-0.25, -0.2) is 4.79 Å². The molecular formula is C14H16Cl2N2O5. The molecule has 1 aromatic rings. The molecule has 0 bridgehead atoms. The van der Waals surface area contributed by atoms with Crippen LogP contribution in [0.25, 0.3) is 0 Å². The molecule has 0 saturated carbocycles. The van der Waals surface area contributed by atoms with Crippen LogP contribution < -0.4 is 10.6 Å². The molecule has 2 amide bonds. The zero-order chi connectivity index (χ0) is 17.4. The Morgan fingerprint density at radius 2 is 2.00 bits per heavy atom. The lowest BCUT2D eigenvalue weighted by molar-refractivity contribution is -0.142. The minimum absolute atomic E-state index is 0.0544. The van der Waals surface area contributed by atoms with Gasteiger partial charge in [-0.05, 0) is 19.1 Å². The van der Waals surface area contributed by atoms with E-state index in [1.807, 2.05) is 0 Å². The first-order valence-electron chi connectivity index (χ1n) is 6.65. The third kappa shape index (κ3) is 6.43. The summed E-state index contributed by atoms with van der Waals surface area (Å²) in [5, 5.41) is 13.7. The minimum atomic E-state index is -1.09. The Balaban J connectivity index is 2.44. The van der Waals surface area contributed by atoms with Crippen LogP contribution in [0.3, 0.4) is 0 Å². The lowest BCUT2D eigenvalue weighted by Crippen LogP contribution is -2.45. The molecular weight excluding hydrogens is 347 g/mol. The number of carboxylic acid groups (broad SMARTS) is 1. The van der Waals surface area contributed by atoms with Crippen LogP contribution in [0.15, 0.2) is 18.2 Å². The zero-order valence-electron chi connectivity index (χ0n) is 12.3. The average Bonchev–Trinajstić information content (AvgIpc) is 2.48. The quantitative estimate of drug-likeness (QED) is 0.605. The number of rotatable bonds is 8. The molecule has 0 aliphatic rings. The molecule has 7 nitrogen and oxygen atoms in total. The molecule has 1 atom stereocenters. The van der Waals surface area contributed by atoms with Crippen molar-refractivity contribution in [3.8, 4) is 0 Å². The molecule has 0 saturated heterocycles. The number of ether oxygens (including phenoxy) is 1. The van der Waals surface area contributed by atoms with E-state index in [4.69, 9.17) is 33.0 Å². The van der Waals surface area contributed by atoms with Crippen molar-refractivity contribution in [2.24, 2.45) is 0 Å². The Labute approximate surface area is 142 Å². The topological polar surface area (TPSA) is 105 Å². The minimum Gasteiger partial charge on any atom is -0.480 e. The van der Waals surface area contributed by atoms with Gasteiger partial charge in [0.1, 0.15) is 12.6 Å². The molecule has 126 valence electrons. The van der Waals surface area contributed by atoms with Gasteiger partial charge < -0.3 is 20.5 Å². The van der Waals surface area contributed by atoms with Crippen LogP contribution in [0, 0.1) is 0 Å². The molecule has 0 fully saturated rings. The molecule has 23 heavy (non-hydrogen) atoms. The Bertz CT molecular complexity index is 595. The Hall–Kier alpha value is -1.83. The van der Waals surface area contributed by atoms with Crippen molar-refractivity contribution in [1.29, 1.82) is 0 Å². The maximum absolute atomic E-state index is 12.1. The SMILES string of the molecule is CC(NC(=O)c1cccc(Cl)c1Cl)C(=O)NCCOCC(=O)O. The first-order valence-corrected chi connectivity index (χ1v) is 7.40. The van der Waals surface area contributed by atoms with Crippen LogP contribution in [0.5, 0.6) is 0 Å². The predicted molar refractivity (Wildman–Crippen MR) is 84.9 cm³/mol. The predicted octanol–water partition coefficient (Wildman–Crippen LogP) is 1.33. The van der Waals surface area contributed by atoms with Crippen LogP contribution in [-0.4, -0.2) is 48.7 Å². The van der Waals surface area contributed by atoms with Crippen molar-refractivity contribution < 1.29 is 24.2 Å². The largest absolute Gasteiger partial charge is 0.480 e. The fourth-order valence-electron chi connectivity index (χ4n) is 1.58. The van der Waals surface area contributed by atoms with Gasteiger partial charge in [0.05, 0.1) is 22.2 Å². The second kappa shape index (κ2) is 9.34. The van der Waals surface area contributed by atoms with Gasteiger partial charge in [0.25, 0.3) is 5.91 Å². The summed E-state index contributed by atoms with van der Waals surface area (Å²) in [6.45, 7) is 1.25. The number of benzene rings is 1. The Morgan fingerprint density at radius 1 is 1.30 bits per heavy atom. The van der Waals surface area contributed by atoms with Crippen LogP contribution in [-0.2, 0) is 14.3 Å². The molecule has 0 radical (unpaired) electrons. The summed E-state index contributed by atoms with van der Waals surface area (Å²) in [6, 6.07) is 3.81. The maximum atomic E-state index is 12.1. The highest BCUT2D eigenvalue weighted by molar-refractivity contribution is 6.43. The van der Waals surface area contributed by atoms with Gasteiger partial charge in [-0.15, -0.1) is 0 Å². The molecule has 0 aromatic heterocycles. The van der Waals surface area contributed by atoms with E-state index in [1.165, 1.54) is 13.0 Å². The van der Waals surface area contributed by atoms with Gasteiger partial charge >= 0.3 is 5.97 Å². The fourth-order valence-corrected chi connectivity index (χ4v) is 1.96. The van der Waals surface area contributed by atoms with E-state index in [9.17, 15) is 14.4 Å². The Kier molecular flexibility index (Phi) is 7.80. The van der Waals surface area contributed by atoms with Crippen molar-refractivity contribution in [2.45, 2.75) is 13.0 Å². The number of carbonyl (C=O) groups is 3. The Morgan fingerprint density at radius 3 is 2.65 bits per heavy atom. The molecule has 1 rings (SSSR count). The van der Waals surface area contributed by atoms with Crippen LogP contribution in [0.1, 0.15) is 17.3 Å². The number of hydrogen-bond acceptors (Lipinski definition) is 4. The molecule has 0 heterocycles. The third-order valence-corrected chi connectivity index (χ3v) is 3.53. The van der Waals surface area contributed by atoms with Gasteiger partial charge in [0.15, 0.2) is 0 Å². The number of aliphatic carboxylic acids is 1. The summed E-state index contributed by atoms with van der Waals surface area (Å²) in [7, 11) is 0. The smallest absolute Gasteiger partial charge is 0.329 e. The van der Waals surface area contributed by atoms with Crippen molar-refractivity contribution in [3.05, 3.63) is 33.8 Å². The standard InChI is InChI=1S/C14H16Cl2N2O5/c1-8(13(21)17-5-6-23-7-11(19)20)18-14(22)9-3-2-4-10(15)12(9)16/h2-4,8H,5-7H2,1H3,(H,17,21)(H,18,22)(H,19,20). The van der Waals surface area contributed by atoms with Crippen molar-refractivity contribution in [1.82, 2.24) is 10.6 Å². The van der Waals surface area contributed by atoms with E-state index in [2.05, 4.69) is 10.6 Å². The summed E-state index contributed by atoms with van der Waals surface area (Å²) >= 11 is 11.8. The maximum Gasteiger partial charge on any atom is 0.329 e. The number of hydrogen-bond donors (Lipinski definition) is 3. The second-order valence-electron chi connectivity index (χ2n) is 4.53. The molecule has 9 heteroatoms. The van der Waals surface area contributed by atoms with Crippen molar-refractivity contribution in [2.75, 3.05) is 19.8 Å².